The van der Waals surface area contributed by atoms with E-state index in [4.69, 9.17) is 0 Å². The number of ether oxygens (including phenoxy) is 1. The van der Waals surface area contributed by atoms with Gasteiger partial charge in [0.1, 0.15) is 0 Å². The molecular weight excluding hydrogens is 120 g/mol. The summed E-state index contributed by atoms with van der Waals surface area (Å²) in [6, 6.07) is 0. The summed E-state index contributed by atoms with van der Waals surface area (Å²) in [5.74, 6) is -0.868. The molecule has 9 heavy (non-hydrogen) atoms. The van der Waals surface area contributed by atoms with Crippen LogP contribution in [0.2, 0.25) is 0 Å². The number of hydrogen-bond donors (Lipinski definition) is 0. The maximum absolute atomic E-state index is 10.6. The Morgan fingerprint density at radius 3 is 2.67 bits per heavy atom. The van der Waals surface area contributed by atoms with Gasteiger partial charge in [-0.1, -0.05) is 6.92 Å². The van der Waals surface area contributed by atoms with E-state index in [1.165, 1.54) is 0 Å². The van der Waals surface area contributed by atoms with Crippen molar-refractivity contribution in [3.8, 4) is 0 Å². The predicted molar refractivity (Wildman–Crippen MR) is 29.5 cm³/mol. The van der Waals surface area contributed by atoms with Gasteiger partial charge in [-0.05, 0) is 6.42 Å². The molecular formula is C6H8O3. The Morgan fingerprint density at radius 1 is 1.56 bits per heavy atom. The minimum Gasteiger partial charge on any atom is -0.393 e. The molecule has 1 aliphatic rings. The first kappa shape index (κ1) is 6.26. The molecule has 1 aliphatic heterocycles. The van der Waals surface area contributed by atoms with Crippen LogP contribution in [0.3, 0.4) is 0 Å². The minimum atomic E-state index is -0.391. The average Bonchev–Trinajstić information content (AvgIpc) is 1.80. The Hall–Kier alpha value is -0.860. The smallest absolute Gasteiger partial charge is 0.316 e. The van der Waals surface area contributed by atoms with Gasteiger partial charge in [-0.15, -0.1) is 0 Å². The lowest BCUT2D eigenvalue weighted by Gasteiger charge is -2.14. The summed E-state index contributed by atoms with van der Waals surface area (Å²) in [6.07, 6.45) is 1.02. The van der Waals surface area contributed by atoms with Crippen molar-refractivity contribution in [2.45, 2.75) is 19.8 Å². The zero-order valence-electron chi connectivity index (χ0n) is 5.22. The fourth-order valence-electron chi connectivity index (χ4n) is 0.716. The van der Waals surface area contributed by atoms with Crippen LogP contribution in [0.25, 0.3) is 0 Å². The van der Waals surface area contributed by atoms with Gasteiger partial charge in [0.25, 0.3) is 0 Å². The van der Waals surface area contributed by atoms with Gasteiger partial charge in [0.2, 0.25) is 0 Å². The van der Waals surface area contributed by atoms with E-state index in [0.717, 1.165) is 0 Å². The van der Waals surface area contributed by atoms with E-state index < -0.39 is 5.97 Å². The SMILES string of the molecule is CC1CCC(=O)OC1=O. The molecule has 0 aromatic carbocycles. The summed E-state index contributed by atoms with van der Waals surface area (Å²) in [5.41, 5.74) is 0. The molecule has 0 aromatic heterocycles. The van der Waals surface area contributed by atoms with E-state index in [0.29, 0.717) is 12.8 Å². The fraction of sp³-hybridized carbons (Fsp3) is 0.667. The van der Waals surface area contributed by atoms with Crippen LogP contribution in [0, 0.1) is 5.92 Å². The Balaban J connectivity index is 2.54. The van der Waals surface area contributed by atoms with Gasteiger partial charge in [0.05, 0.1) is 5.92 Å². The van der Waals surface area contributed by atoms with Crippen molar-refractivity contribution in [1.29, 1.82) is 0 Å². The maximum atomic E-state index is 10.6. The predicted octanol–water partition coefficient (Wildman–Crippen LogP) is 0.486. The van der Waals surface area contributed by atoms with E-state index in [1.54, 1.807) is 6.92 Å². The third kappa shape index (κ3) is 1.28. The van der Waals surface area contributed by atoms with Crippen LogP contribution in [0.15, 0.2) is 0 Å². The minimum absolute atomic E-state index is 0.0947. The molecule has 0 spiro atoms. The van der Waals surface area contributed by atoms with Crippen molar-refractivity contribution in [2.24, 2.45) is 5.92 Å². The lowest BCUT2D eigenvalue weighted by Crippen LogP contribution is -2.25. The molecule has 50 valence electrons. The Labute approximate surface area is 53.0 Å². The van der Waals surface area contributed by atoms with E-state index in [1.807, 2.05) is 0 Å². The summed E-state index contributed by atoms with van der Waals surface area (Å²) < 4.78 is 4.32. The van der Waals surface area contributed by atoms with Crippen LogP contribution < -0.4 is 0 Å². The third-order valence-electron chi connectivity index (χ3n) is 1.40. The summed E-state index contributed by atoms with van der Waals surface area (Å²) in [5, 5.41) is 0. The lowest BCUT2D eigenvalue weighted by atomic mass is 10.0. The van der Waals surface area contributed by atoms with Gasteiger partial charge < -0.3 is 4.74 Å². The highest BCUT2D eigenvalue weighted by Crippen LogP contribution is 2.14. The molecule has 0 saturated carbocycles. The largest absolute Gasteiger partial charge is 0.393 e. The van der Waals surface area contributed by atoms with Gasteiger partial charge in [-0.25, -0.2) is 0 Å². The third-order valence-corrected chi connectivity index (χ3v) is 1.40. The second-order valence-electron chi connectivity index (χ2n) is 2.23. The Bertz CT molecular complexity index is 150. The van der Waals surface area contributed by atoms with Crippen LogP contribution >= 0.6 is 0 Å². The summed E-state index contributed by atoms with van der Waals surface area (Å²) in [7, 11) is 0. The van der Waals surface area contributed by atoms with Crippen molar-refractivity contribution in [3.05, 3.63) is 0 Å². The number of cyclic esters (lactones) is 2. The van der Waals surface area contributed by atoms with Gasteiger partial charge in [-0.3, -0.25) is 9.59 Å². The quantitative estimate of drug-likeness (QED) is 0.352. The summed E-state index contributed by atoms with van der Waals surface area (Å²) >= 11 is 0. The zero-order chi connectivity index (χ0) is 6.85. The molecule has 1 saturated heterocycles. The van der Waals surface area contributed by atoms with E-state index in [9.17, 15) is 9.59 Å². The van der Waals surface area contributed by atoms with Gasteiger partial charge in [0, 0.05) is 6.42 Å². The topological polar surface area (TPSA) is 43.4 Å². The second-order valence-corrected chi connectivity index (χ2v) is 2.23. The van der Waals surface area contributed by atoms with Crippen molar-refractivity contribution < 1.29 is 14.3 Å². The average molecular weight is 128 g/mol. The normalized spacial score (nSPS) is 27.9. The first-order valence-electron chi connectivity index (χ1n) is 2.94. The Kier molecular flexibility index (Phi) is 1.51. The highest BCUT2D eigenvalue weighted by molar-refractivity contribution is 5.89. The van der Waals surface area contributed by atoms with Crippen LogP contribution in [0.5, 0.6) is 0 Å². The number of esters is 2. The molecule has 0 radical (unpaired) electrons. The van der Waals surface area contributed by atoms with Gasteiger partial charge in [-0.2, -0.15) is 0 Å². The first-order chi connectivity index (χ1) is 4.20. The summed E-state index contributed by atoms with van der Waals surface area (Å²) in [4.78, 5) is 20.9. The fourth-order valence-corrected chi connectivity index (χ4v) is 0.716. The van der Waals surface area contributed by atoms with E-state index in [-0.39, 0.29) is 11.9 Å². The first-order valence-corrected chi connectivity index (χ1v) is 2.94. The molecule has 3 heteroatoms. The van der Waals surface area contributed by atoms with Crippen molar-refractivity contribution >= 4 is 11.9 Å². The highest BCUT2D eigenvalue weighted by atomic mass is 16.6. The molecule has 0 aliphatic carbocycles. The molecule has 0 amide bonds. The van der Waals surface area contributed by atoms with Crippen molar-refractivity contribution in [1.82, 2.24) is 0 Å². The molecule has 1 rings (SSSR count). The highest BCUT2D eigenvalue weighted by Gasteiger charge is 2.24. The monoisotopic (exact) mass is 128 g/mol. The van der Waals surface area contributed by atoms with Crippen molar-refractivity contribution in [2.75, 3.05) is 0 Å². The van der Waals surface area contributed by atoms with Crippen LogP contribution in [-0.2, 0) is 14.3 Å². The zero-order valence-corrected chi connectivity index (χ0v) is 5.22. The molecule has 0 bridgehead atoms. The molecule has 1 heterocycles. The summed E-state index contributed by atoms with van der Waals surface area (Å²) in [6.45, 7) is 1.76. The second kappa shape index (κ2) is 2.17. The van der Waals surface area contributed by atoms with E-state index >= 15 is 0 Å². The van der Waals surface area contributed by atoms with Crippen LogP contribution in [-0.4, -0.2) is 11.9 Å². The van der Waals surface area contributed by atoms with Crippen LogP contribution in [0.1, 0.15) is 19.8 Å². The molecule has 1 atom stereocenters. The Morgan fingerprint density at radius 2 is 2.22 bits per heavy atom. The molecule has 1 fully saturated rings. The standard InChI is InChI=1S/C6H8O3/c1-4-2-3-5(7)9-6(4)8/h4H,2-3H2,1H3. The maximum Gasteiger partial charge on any atom is 0.316 e. The van der Waals surface area contributed by atoms with Crippen LogP contribution in [0.4, 0.5) is 0 Å². The molecule has 3 nitrogen and oxygen atoms in total. The number of carbonyl (C=O) groups is 2. The molecule has 1 unspecified atom stereocenters. The van der Waals surface area contributed by atoms with E-state index in [2.05, 4.69) is 4.74 Å². The number of hydrogen-bond acceptors (Lipinski definition) is 3. The number of carbonyl (C=O) groups excluding carboxylic acids is 2. The number of rotatable bonds is 0. The lowest BCUT2D eigenvalue weighted by molar-refractivity contribution is -0.166. The van der Waals surface area contributed by atoms with Gasteiger partial charge >= 0.3 is 11.9 Å². The van der Waals surface area contributed by atoms with Crippen molar-refractivity contribution in [3.63, 3.8) is 0 Å². The molecule has 0 N–H and O–H groups in total. The van der Waals surface area contributed by atoms with Gasteiger partial charge in [0.15, 0.2) is 0 Å². The molecule has 0 aromatic rings.